The smallest absolute Gasteiger partial charge is 0.472 e. The molecule has 0 fully saturated rings. The largest absolute Gasteiger partial charge is 0.492 e. The summed E-state index contributed by atoms with van der Waals surface area (Å²) < 4.78 is 33.1. The average molecular weight is 764 g/mol. The Morgan fingerprint density at radius 2 is 1.23 bits per heavy atom. The van der Waals surface area contributed by atoms with E-state index in [9.17, 15) is 19.4 Å². The topological polar surface area (TPSA) is 138 Å². The molecule has 0 radical (unpaired) electrons. The summed E-state index contributed by atoms with van der Waals surface area (Å²) in [5.41, 5.74) is 5.35. The van der Waals surface area contributed by atoms with E-state index in [1.54, 1.807) is 12.3 Å². The number of phosphoric acid groups is 1. The Bertz CT molecular complexity index is 1100. The molecular weight excluding hydrogens is 689 g/mol. The molecule has 0 aliphatic heterocycles. The van der Waals surface area contributed by atoms with E-state index in [2.05, 4.69) is 55.5 Å². The molecule has 0 saturated carbocycles. The maximum Gasteiger partial charge on any atom is 0.472 e. The van der Waals surface area contributed by atoms with E-state index in [0.717, 1.165) is 51.4 Å². The van der Waals surface area contributed by atoms with Crippen molar-refractivity contribution < 1.29 is 37.9 Å². The predicted molar refractivity (Wildman–Crippen MR) is 220 cm³/mol. The van der Waals surface area contributed by atoms with E-state index in [1.165, 1.54) is 64.2 Å². The zero-order valence-electron chi connectivity index (χ0n) is 33.1. The number of rotatable bonds is 37. The number of unbranched alkanes of at least 4 members (excludes halogenated alkanes) is 12. The van der Waals surface area contributed by atoms with Crippen LogP contribution < -0.4 is 5.73 Å². The van der Waals surface area contributed by atoms with E-state index in [1.807, 2.05) is 31.2 Å². The second-order valence-corrected chi connectivity index (χ2v) is 14.5. The van der Waals surface area contributed by atoms with Crippen LogP contribution in [0.4, 0.5) is 0 Å². The van der Waals surface area contributed by atoms with Crippen molar-refractivity contribution in [1.82, 2.24) is 0 Å². The molecule has 0 aromatic heterocycles. The van der Waals surface area contributed by atoms with Gasteiger partial charge in [0.1, 0.15) is 6.61 Å². The third-order valence-corrected chi connectivity index (χ3v) is 9.03. The standard InChI is InChI=1S/C43H74NO8P/c1-3-5-6-7-8-9-10-11-12-15-18-21-24-27-30-33-37-49-42(40-52-53(47,48)51-38-36-44)39-50-43(46)35-32-29-26-23-20-17-14-13-16-19-22-25-28-31-34-41(45)4-2/h9-10,14,16-17,19,23,25-26,28,31,33-34,37,41-42,45H,3-8,11-13,15,18,20-22,24,27,29-30,32,35-36,38-40,44H2,1-2H3,(H,47,48)/b10-9-,17-14-,19-16-,26-23-,28-25-,34-31+,37-33+/t41-,42+/m0/s1. The minimum atomic E-state index is -4.29. The monoisotopic (exact) mass is 764 g/mol. The number of carbonyl (C=O) groups is 1. The molecular formula is C43H74NO8P. The minimum Gasteiger partial charge on any atom is -0.492 e. The SMILES string of the molecule is CCCCCC/C=C\CCCCCCCC/C=C/O[C@H](COC(=O)CCC/C=C\C/C=C\C/C=C\C/C=C\C=C\[C@@H](O)CC)COP(=O)(O)OCCN. The lowest BCUT2D eigenvalue weighted by Crippen LogP contribution is -2.25. The fourth-order valence-corrected chi connectivity index (χ4v) is 5.61. The summed E-state index contributed by atoms with van der Waals surface area (Å²) in [5.74, 6) is -0.364. The molecule has 0 saturated heterocycles. The van der Waals surface area contributed by atoms with Gasteiger partial charge in [0.25, 0.3) is 0 Å². The highest BCUT2D eigenvalue weighted by atomic mass is 31.2. The highest BCUT2D eigenvalue weighted by Gasteiger charge is 2.24. The molecule has 0 rings (SSSR count). The lowest BCUT2D eigenvalue weighted by Gasteiger charge is -2.19. The molecule has 9 nitrogen and oxygen atoms in total. The number of hydrogen-bond donors (Lipinski definition) is 3. The molecule has 304 valence electrons. The Morgan fingerprint density at radius 1 is 0.679 bits per heavy atom. The maximum atomic E-state index is 12.4. The fraction of sp³-hybridized carbons (Fsp3) is 0.651. The molecule has 0 aliphatic rings. The lowest BCUT2D eigenvalue weighted by molar-refractivity contribution is -0.147. The van der Waals surface area contributed by atoms with Gasteiger partial charge in [0.05, 0.1) is 25.6 Å². The van der Waals surface area contributed by atoms with Crippen LogP contribution in [0.2, 0.25) is 0 Å². The van der Waals surface area contributed by atoms with E-state index in [-0.39, 0.29) is 44.9 Å². The second-order valence-electron chi connectivity index (χ2n) is 13.0. The molecule has 0 aromatic carbocycles. The molecule has 1 unspecified atom stereocenters. The number of nitrogens with two attached hydrogens (primary N) is 1. The quantitative estimate of drug-likeness (QED) is 0.0141. The van der Waals surface area contributed by atoms with Gasteiger partial charge in [0.15, 0.2) is 6.10 Å². The van der Waals surface area contributed by atoms with Crippen LogP contribution >= 0.6 is 7.82 Å². The number of esters is 1. The molecule has 0 aromatic rings. The van der Waals surface area contributed by atoms with Crippen LogP contribution in [-0.4, -0.2) is 54.5 Å². The Kier molecular flexibility index (Phi) is 37.3. The van der Waals surface area contributed by atoms with Gasteiger partial charge in [-0.2, -0.15) is 0 Å². The van der Waals surface area contributed by atoms with Crippen molar-refractivity contribution >= 4 is 13.8 Å². The normalized spacial score (nSPS) is 15.0. The van der Waals surface area contributed by atoms with Crippen molar-refractivity contribution in [2.45, 2.75) is 154 Å². The number of aliphatic hydroxyl groups excluding tert-OH is 1. The summed E-state index contributed by atoms with van der Waals surface area (Å²) in [5, 5.41) is 9.46. The van der Waals surface area contributed by atoms with Gasteiger partial charge < -0.3 is 25.2 Å². The highest BCUT2D eigenvalue weighted by Crippen LogP contribution is 2.43. The van der Waals surface area contributed by atoms with Crippen molar-refractivity contribution in [3.05, 3.63) is 85.3 Å². The molecule has 4 N–H and O–H groups in total. The zero-order chi connectivity index (χ0) is 38.9. The van der Waals surface area contributed by atoms with Crippen LogP contribution in [0.25, 0.3) is 0 Å². The van der Waals surface area contributed by atoms with Crippen LogP contribution in [0.1, 0.15) is 142 Å². The Balaban J connectivity index is 4.27. The van der Waals surface area contributed by atoms with Crippen molar-refractivity contribution in [3.8, 4) is 0 Å². The maximum absolute atomic E-state index is 12.4. The van der Waals surface area contributed by atoms with Crippen LogP contribution in [0.3, 0.4) is 0 Å². The molecule has 0 heterocycles. The zero-order valence-corrected chi connectivity index (χ0v) is 34.0. The van der Waals surface area contributed by atoms with E-state index in [4.69, 9.17) is 24.3 Å². The Labute approximate surface area is 322 Å². The van der Waals surface area contributed by atoms with E-state index < -0.39 is 13.9 Å². The number of aliphatic hydroxyl groups is 1. The number of phosphoric ester groups is 1. The van der Waals surface area contributed by atoms with Crippen LogP contribution in [0.5, 0.6) is 0 Å². The van der Waals surface area contributed by atoms with Crippen LogP contribution in [-0.2, 0) is 27.9 Å². The molecule has 0 amide bonds. The van der Waals surface area contributed by atoms with Crippen molar-refractivity contribution in [1.29, 1.82) is 0 Å². The summed E-state index contributed by atoms with van der Waals surface area (Å²) in [6, 6.07) is 0. The number of carbonyl (C=O) groups excluding carboxylic acids is 1. The van der Waals surface area contributed by atoms with Gasteiger partial charge in [0, 0.05) is 13.0 Å². The van der Waals surface area contributed by atoms with Gasteiger partial charge in [-0.1, -0.05) is 132 Å². The molecule has 10 heteroatoms. The van der Waals surface area contributed by atoms with Gasteiger partial charge in [0.2, 0.25) is 0 Å². The molecule has 0 aliphatic carbocycles. The first-order chi connectivity index (χ1) is 25.8. The second kappa shape index (κ2) is 39.2. The molecule has 0 bridgehead atoms. The molecule has 53 heavy (non-hydrogen) atoms. The first-order valence-electron chi connectivity index (χ1n) is 20.2. The summed E-state index contributed by atoms with van der Waals surface area (Å²) in [6.45, 7) is 3.76. The Hall–Kier alpha value is -2.52. The van der Waals surface area contributed by atoms with Crippen molar-refractivity contribution in [2.24, 2.45) is 5.73 Å². The summed E-state index contributed by atoms with van der Waals surface area (Å²) in [4.78, 5) is 22.2. The van der Waals surface area contributed by atoms with Crippen LogP contribution in [0.15, 0.2) is 85.3 Å². The van der Waals surface area contributed by atoms with Crippen molar-refractivity contribution in [2.75, 3.05) is 26.4 Å². The molecule has 0 spiro atoms. The summed E-state index contributed by atoms with van der Waals surface area (Å²) in [7, 11) is -4.29. The van der Waals surface area contributed by atoms with Gasteiger partial charge in [-0.05, 0) is 83.1 Å². The van der Waals surface area contributed by atoms with E-state index in [0.29, 0.717) is 6.42 Å². The first kappa shape index (κ1) is 50.5. The number of ether oxygens (including phenoxy) is 2. The van der Waals surface area contributed by atoms with Crippen LogP contribution in [0, 0.1) is 0 Å². The number of hydrogen-bond acceptors (Lipinski definition) is 8. The lowest BCUT2D eigenvalue weighted by atomic mass is 10.1. The number of allylic oxidation sites excluding steroid dienone is 12. The third kappa shape index (κ3) is 39.0. The van der Waals surface area contributed by atoms with Gasteiger partial charge in [-0.25, -0.2) is 4.57 Å². The predicted octanol–water partition coefficient (Wildman–Crippen LogP) is 11.1. The minimum absolute atomic E-state index is 0.0821. The summed E-state index contributed by atoms with van der Waals surface area (Å²) >= 11 is 0. The molecule has 3 atom stereocenters. The first-order valence-corrected chi connectivity index (χ1v) is 21.7. The van der Waals surface area contributed by atoms with Crippen molar-refractivity contribution in [3.63, 3.8) is 0 Å². The van der Waals surface area contributed by atoms with Gasteiger partial charge in [-0.3, -0.25) is 13.8 Å². The third-order valence-electron chi connectivity index (χ3n) is 8.04. The van der Waals surface area contributed by atoms with E-state index >= 15 is 0 Å². The highest BCUT2D eigenvalue weighted by molar-refractivity contribution is 7.47. The Morgan fingerprint density at radius 3 is 1.85 bits per heavy atom. The average Bonchev–Trinajstić information content (AvgIpc) is 3.15. The fourth-order valence-electron chi connectivity index (χ4n) is 4.84. The van der Waals surface area contributed by atoms with Gasteiger partial charge >= 0.3 is 13.8 Å². The summed E-state index contributed by atoms with van der Waals surface area (Å²) in [6.07, 6.45) is 48.0. The van der Waals surface area contributed by atoms with Gasteiger partial charge in [-0.15, -0.1) is 0 Å².